The monoisotopic (exact) mass is 448 g/mol. The van der Waals surface area contributed by atoms with Crippen molar-refractivity contribution in [2.75, 3.05) is 12.1 Å². The smallest absolute Gasteiger partial charge is 0.266 e. The van der Waals surface area contributed by atoms with Gasteiger partial charge in [-0.1, -0.05) is 31.9 Å². The highest BCUT2D eigenvalue weighted by Crippen LogP contribution is 2.37. The number of carbonyl (C=O) groups is 1. The summed E-state index contributed by atoms with van der Waals surface area (Å²) in [5, 5.41) is 12.0. The number of anilines is 1. The molecule has 2 aromatic carbocycles. The second-order valence-corrected chi connectivity index (χ2v) is 6.63. The summed E-state index contributed by atoms with van der Waals surface area (Å²) in [5.74, 6) is 0.719. The first-order valence-corrected chi connectivity index (χ1v) is 8.43. The number of carbonyl (C=O) groups excluding carboxylic acids is 1. The Morgan fingerprint density at radius 2 is 1.83 bits per heavy atom. The van der Waals surface area contributed by atoms with E-state index in [-0.39, 0.29) is 12.4 Å². The molecular formula is C17H10Br2N2O3. The molecule has 1 aliphatic heterocycles. The van der Waals surface area contributed by atoms with Crippen LogP contribution >= 0.6 is 31.9 Å². The summed E-state index contributed by atoms with van der Waals surface area (Å²) in [4.78, 5) is 12.3. The van der Waals surface area contributed by atoms with E-state index in [2.05, 4.69) is 37.2 Å². The number of amides is 1. The van der Waals surface area contributed by atoms with Crippen LogP contribution in [-0.2, 0) is 4.79 Å². The zero-order valence-corrected chi connectivity index (χ0v) is 15.3. The summed E-state index contributed by atoms with van der Waals surface area (Å²) < 4.78 is 12.2. The molecule has 0 aromatic heterocycles. The van der Waals surface area contributed by atoms with E-state index in [1.54, 1.807) is 36.4 Å². The maximum absolute atomic E-state index is 12.3. The van der Waals surface area contributed by atoms with Crippen LogP contribution in [0.5, 0.6) is 11.5 Å². The van der Waals surface area contributed by atoms with Gasteiger partial charge in [0.1, 0.15) is 11.6 Å². The van der Waals surface area contributed by atoms with E-state index in [0.717, 1.165) is 4.47 Å². The van der Waals surface area contributed by atoms with Gasteiger partial charge in [0.15, 0.2) is 11.5 Å². The van der Waals surface area contributed by atoms with E-state index in [9.17, 15) is 10.1 Å². The quantitative estimate of drug-likeness (QED) is 0.553. The molecule has 0 aliphatic carbocycles. The second-order valence-electron chi connectivity index (χ2n) is 4.86. The van der Waals surface area contributed by atoms with Crippen molar-refractivity contribution in [2.24, 2.45) is 0 Å². The summed E-state index contributed by atoms with van der Waals surface area (Å²) in [5.41, 5.74) is 1.24. The third kappa shape index (κ3) is 3.61. The molecule has 2 aromatic rings. The van der Waals surface area contributed by atoms with Gasteiger partial charge in [-0.2, -0.15) is 5.26 Å². The predicted octanol–water partition coefficient (Wildman–Crippen LogP) is 4.49. The van der Waals surface area contributed by atoms with Gasteiger partial charge in [0.05, 0.1) is 0 Å². The van der Waals surface area contributed by atoms with Gasteiger partial charge in [-0.3, -0.25) is 4.79 Å². The number of benzene rings is 2. The molecule has 1 aliphatic rings. The average Bonchev–Trinajstić information content (AvgIpc) is 3.01. The Hall–Kier alpha value is -2.30. The summed E-state index contributed by atoms with van der Waals surface area (Å²) in [6, 6.07) is 12.5. The fraction of sp³-hybridized carbons (Fsp3) is 0.0588. The molecule has 1 amide bonds. The van der Waals surface area contributed by atoms with E-state index in [0.29, 0.717) is 27.2 Å². The van der Waals surface area contributed by atoms with Gasteiger partial charge in [0, 0.05) is 14.6 Å². The first-order valence-electron chi connectivity index (χ1n) is 6.84. The molecule has 0 bridgehead atoms. The largest absolute Gasteiger partial charge is 0.454 e. The number of nitrogens with zero attached hydrogens (tertiary/aromatic N) is 1. The number of hydrogen-bond acceptors (Lipinski definition) is 4. The second kappa shape index (κ2) is 7.07. The first kappa shape index (κ1) is 16.6. The highest BCUT2D eigenvalue weighted by atomic mass is 79.9. The van der Waals surface area contributed by atoms with Crippen molar-refractivity contribution < 1.29 is 14.3 Å². The topological polar surface area (TPSA) is 71.3 Å². The lowest BCUT2D eigenvalue weighted by Gasteiger charge is -2.06. The van der Waals surface area contributed by atoms with Gasteiger partial charge in [-0.05, 0) is 48.0 Å². The van der Waals surface area contributed by atoms with Gasteiger partial charge in [0.2, 0.25) is 6.79 Å². The van der Waals surface area contributed by atoms with Crippen LogP contribution in [0, 0.1) is 11.3 Å². The number of ether oxygens (including phenoxy) is 2. The van der Waals surface area contributed by atoms with Crippen molar-refractivity contribution in [2.45, 2.75) is 0 Å². The normalized spacial score (nSPS) is 12.6. The molecule has 0 unspecified atom stereocenters. The molecule has 1 heterocycles. The predicted molar refractivity (Wildman–Crippen MR) is 96.6 cm³/mol. The lowest BCUT2D eigenvalue weighted by molar-refractivity contribution is -0.112. The summed E-state index contributed by atoms with van der Waals surface area (Å²) >= 11 is 6.73. The molecule has 0 saturated carbocycles. The Balaban J connectivity index is 1.85. The zero-order chi connectivity index (χ0) is 17.1. The third-order valence-electron chi connectivity index (χ3n) is 3.26. The van der Waals surface area contributed by atoms with Crippen molar-refractivity contribution in [1.82, 2.24) is 0 Å². The van der Waals surface area contributed by atoms with Crippen molar-refractivity contribution in [3.8, 4) is 17.6 Å². The number of nitriles is 1. The van der Waals surface area contributed by atoms with Crippen LogP contribution in [0.25, 0.3) is 6.08 Å². The van der Waals surface area contributed by atoms with E-state index >= 15 is 0 Å². The highest BCUT2D eigenvalue weighted by Gasteiger charge is 2.17. The Kier molecular flexibility index (Phi) is 4.88. The number of nitrogens with one attached hydrogen (secondary N) is 1. The molecular weight excluding hydrogens is 440 g/mol. The summed E-state index contributed by atoms with van der Waals surface area (Å²) in [6.45, 7) is 0.157. The minimum absolute atomic E-state index is 0.0162. The van der Waals surface area contributed by atoms with Crippen LogP contribution < -0.4 is 14.8 Å². The molecule has 7 heteroatoms. The number of fused-ring (bicyclic) bond motifs is 1. The van der Waals surface area contributed by atoms with Crippen LogP contribution in [0.4, 0.5) is 5.69 Å². The lowest BCUT2D eigenvalue weighted by Crippen LogP contribution is -2.13. The van der Waals surface area contributed by atoms with Crippen LogP contribution in [0.2, 0.25) is 0 Å². The highest BCUT2D eigenvalue weighted by molar-refractivity contribution is 9.10. The Bertz CT molecular complexity index is 871. The minimum atomic E-state index is -0.482. The van der Waals surface area contributed by atoms with Gasteiger partial charge in [-0.25, -0.2) is 0 Å². The van der Waals surface area contributed by atoms with Crippen LogP contribution in [0.3, 0.4) is 0 Å². The molecule has 24 heavy (non-hydrogen) atoms. The molecule has 3 rings (SSSR count). The van der Waals surface area contributed by atoms with E-state index in [4.69, 9.17) is 9.47 Å². The maximum Gasteiger partial charge on any atom is 0.266 e. The molecule has 0 saturated heterocycles. The van der Waals surface area contributed by atoms with Crippen LogP contribution in [0.1, 0.15) is 5.56 Å². The SMILES string of the molecule is N#C/C(=C\c1cc2c(cc1Br)OCO2)C(=O)Nc1ccc(Br)cc1. The molecule has 120 valence electrons. The molecule has 1 N–H and O–H groups in total. The van der Waals surface area contributed by atoms with Crippen molar-refractivity contribution >= 4 is 49.5 Å². The summed E-state index contributed by atoms with van der Waals surface area (Å²) in [7, 11) is 0. The molecule has 0 radical (unpaired) electrons. The van der Waals surface area contributed by atoms with Gasteiger partial charge in [-0.15, -0.1) is 0 Å². The Morgan fingerprint density at radius 1 is 1.17 bits per heavy atom. The zero-order valence-electron chi connectivity index (χ0n) is 12.2. The summed E-state index contributed by atoms with van der Waals surface area (Å²) in [6.07, 6.45) is 1.50. The van der Waals surface area contributed by atoms with Crippen LogP contribution in [0.15, 0.2) is 50.9 Å². The Labute approximate surface area is 155 Å². The average molecular weight is 450 g/mol. The van der Waals surface area contributed by atoms with Crippen LogP contribution in [-0.4, -0.2) is 12.7 Å². The standard InChI is InChI=1S/C17H10Br2N2O3/c18-12-1-3-13(4-2-12)21-17(22)11(8-20)5-10-6-15-16(7-14(10)19)24-9-23-15/h1-7H,9H2,(H,21,22)/b11-5+. The maximum atomic E-state index is 12.3. The fourth-order valence-electron chi connectivity index (χ4n) is 2.08. The molecule has 0 spiro atoms. The van der Waals surface area contributed by atoms with Gasteiger partial charge >= 0.3 is 0 Å². The third-order valence-corrected chi connectivity index (χ3v) is 4.47. The van der Waals surface area contributed by atoms with E-state index in [1.165, 1.54) is 6.08 Å². The van der Waals surface area contributed by atoms with Gasteiger partial charge in [0.25, 0.3) is 5.91 Å². The van der Waals surface area contributed by atoms with Crippen molar-refractivity contribution in [3.05, 3.63) is 56.5 Å². The van der Waals surface area contributed by atoms with Crippen molar-refractivity contribution in [3.63, 3.8) is 0 Å². The van der Waals surface area contributed by atoms with E-state index < -0.39 is 5.91 Å². The fourth-order valence-corrected chi connectivity index (χ4v) is 2.78. The lowest BCUT2D eigenvalue weighted by atomic mass is 10.1. The van der Waals surface area contributed by atoms with Crippen molar-refractivity contribution in [1.29, 1.82) is 5.26 Å². The Morgan fingerprint density at radius 3 is 2.50 bits per heavy atom. The molecule has 0 fully saturated rings. The molecule has 5 nitrogen and oxygen atoms in total. The first-order chi connectivity index (χ1) is 11.6. The van der Waals surface area contributed by atoms with E-state index in [1.807, 2.05) is 6.07 Å². The number of rotatable bonds is 3. The minimum Gasteiger partial charge on any atom is -0.454 e. The molecule has 0 atom stereocenters. The van der Waals surface area contributed by atoms with Gasteiger partial charge < -0.3 is 14.8 Å². The number of hydrogen-bond donors (Lipinski definition) is 1. The number of halogens is 2.